The highest BCUT2D eigenvalue weighted by molar-refractivity contribution is 5.71. The van der Waals surface area contributed by atoms with Crippen molar-refractivity contribution in [2.24, 2.45) is 0 Å². The number of carboxylic acid groups (broad SMARTS) is 1. The molecule has 0 radical (unpaired) electrons. The number of aliphatic carboxylic acids is 1. The summed E-state index contributed by atoms with van der Waals surface area (Å²) in [5, 5.41) is 17.5. The highest BCUT2D eigenvalue weighted by Gasteiger charge is 2.00. The molecular weight excluding hydrogens is 168 g/mol. The van der Waals surface area contributed by atoms with Gasteiger partial charge in [-0.3, -0.25) is 4.79 Å². The molecule has 1 aromatic carbocycles. The minimum absolute atomic E-state index is 0.140. The maximum atomic E-state index is 10.2. The Hall–Kier alpha value is -1.77. The lowest BCUT2D eigenvalue weighted by Crippen LogP contribution is -1.96. The van der Waals surface area contributed by atoms with Crippen LogP contribution in [-0.4, -0.2) is 16.2 Å². The fraction of sp³-hybridized carbons (Fsp3) is 0.100. The molecule has 0 saturated heterocycles. The van der Waals surface area contributed by atoms with Crippen LogP contribution in [0.3, 0.4) is 0 Å². The van der Waals surface area contributed by atoms with Crippen molar-refractivity contribution in [2.75, 3.05) is 0 Å². The molecule has 0 amide bonds. The molecule has 1 aromatic rings. The first-order chi connectivity index (χ1) is 6.18. The van der Waals surface area contributed by atoms with Gasteiger partial charge in [0.2, 0.25) is 0 Å². The summed E-state index contributed by atoms with van der Waals surface area (Å²) < 4.78 is 0. The van der Waals surface area contributed by atoms with Crippen molar-refractivity contribution < 1.29 is 15.0 Å². The summed E-state index contributed by atoms with van der Waals surface area (Å²) in [6.45, 7) is 0. The van der Waals surface area contributed by atoms with E-state index in [4.69, 9.17) is 10.2 Å². The number of rotatable bonds is 3. The summed E-state index contributed by atoms with van der Waals surface area (Å²) in [6, 6.07) is 9.07. The van der Waals surface area contributed by atoms with Gasteiger partial charge in [0, 0.05) is 0 Å². The van der Waals surface area contributed by atoms with Crippen LogP contribution in [0.1, 0.15) is 12.0 Å². The molecule has 0 unspecified atom stereocenters. The normalized spacial score (nSPS) is 11.2. The Morgan fingerprint density at radius 3 is 2.38 bits per heavy atom. The molecule has 0 aliphatic heterocycles. The van der Waals surface area contributed by atoms with Crippen LogP contribution in [0.4, 0.5) is 0 Å². The van der Waals surface area contributed by atoms with Gasteiger partial charge in [0.25, 0.3) is 0 Å². The number of hydrogen-bond donors (Lipinski definition) is 2. The zero-order valence-electron chi connectivity index (χ0n) is 6.97. The predicted octanol–water partition coefficient (Wildman–Crippen LogP) is 2.06. The lowest BCUT2D eigenvalue weighted by molar-refractivity contribution is -0.136. The SMILES string of the molecule is O=C(O)C/C(O)=C/c1ccccc1. The Morgan fingerprint density at radius 2 is 1.85 bits per heavy atom. The Labute approximate surface area is 76.0 Å². The van der Waals surface area contributed by atoms with Gasteiger partial charge < -0.3 is 10.2 Å². The molecule has 3 heteroatoms. The Balaban J connectivity index is 2.71. The van der Waals surface area contributed by atoms with Crippen LogP contribution in [0.15, 0.2) is 36.1 Å². The standard InChI is InChI=1S/C10H10O3/c11-9(7-10(12)13)6-8-4-2-1-3-5-8/h1-6,11H,7H2,(H,12,13)/b9-6-. The average Bonchev–Trinajstić information content (AvgIpc) is 2.04. The Kier molecular flexibility index (Phi) is 3.09. The third kappa shape index (κ3) is 3.42. The summed E-state index contributed by atoms with van der Waals surface area (Å²) >= 11 is 0. The van der Waals surface area contributed by atoms with E-state index in [9.17, 15) is 4.79 Å². The monoisotopic (exact) mass is 178 g/mol. The molecule has 2 N–H and O–H groups in total. The van der Waals surface area contributed by atoms with E-state index in [2.05, 4.69) is 0 Å². The Morgan fingerprint density at radius 1 is 1.23 bits per heavy atom. The summed E-state index contributed by atoms with van der Waals surface area (Å²) in [6.07, 6.45) is 1.10. The van der Waals surface area contributed by atoms with E-state index >= 15 is 0 Å². The third-order valence-corrected chi connectivity index (χ3v) is 1.47. The van der Waals surface area contributed by atoms with Crippen LogP contribution < -0.4 is 0 Å². The molecule has 0 heterocycles. The van der Waals surface area contributed by atoms with E-state index in [1.165, 1.54) is 6.08 Å². The predicted molar refractivity (Wildman–Crippen MR) is 49.3 cm³/mol. The molecule has 0 fully saturated rings. The van der Waals surface area contributed by atoms with Crippen LogP contribution in [0.25, 0.3) is 6.08 Å². The smallest absolute Gasteiger partial charge is 0.311 e. The molecule has 0 spiro atoms. The first-order valence-corrected chi connectivity index (χ1v) is 3.85. The van der Waals surface area contributed by atoms with Gasteiger partial charge in [-0.25, -0.2) is 0 Å². The van der Waals surface area contributed by atoms with Gasteiger partial charge in [-0.2, -0.15) is 0 Å². The zero-order valence-corrected chi connectivity index (χ0v) is 6.97. The molecule has 68 valence electrons. The molecule has 0 aromatic heterocycles. The topological polar surface area (TPSA) is 57.5 Å². The lowest BCUT2D eigenvalue weighted by Gasteiger charge is -1.95. The van der Waals surface area contributed by atoms with Crippen molar-refractivity contribution in [3.63, 3.8) is 0 Å². The van der Waals surface area contributed by atoms with Gasteiger partial charge in [-0.1, -0.05) is 30.3 Å². The van der Waals surface area contributed by atoms with E-state index in [0.29, 0.717) is 0 Å². The quantitative estimate of drug-likeness (QED) is 0.696. The number of carboxylic acids is 1. The zero-order chi connectivity index (χ0) is 9.68. The Bertz CT molecular complexity index is 314. The van der Waals surface area contributed by atoms with Gasteiger partial charge >= 0.3 is 5.97 Å². The summed E-state index contributed by atoms with van der Waals surface area (Å²) in [7, 11) is 0. The highest BCUT2D eigenvalue weighted by atomic mass is 16.4. The van der Waals surface area contributed by atoms with Crippen molar-refractivity contribution in [3.8, 4) is 0 Å². The van der Waals surface area contributed by atoms with Gasteiger partial charge in [0.1, 0.15) is 12.2 Å². The van der Waals surface area contributed by atoms with E-state index in [1.54, 1.807) is 12.1 Å². The van der Waals surface area contributed by atoms with Crippen LogP contribution in [0.2, 0.25) is 0 Å². The van der Waals surface area contributed by atoms with Crippen LogP contribution in [-0.2, 0) is 4.79 Å². The van der Waals surface area contributed by atoms with E-state index in [0.717, 1.165) is 5.56 Å². The molecular formula is C10H10O3. The fourth-order valence-corrected chi connectivity index (χ4v) is 0.948. The van der Waals surface area contributed by atoms with Crippen molar-refractivity contribution in [1.82, 2.24) is 0 Å². The molecule has 0 saturated carbocycles. The largest absolute Gasteiger partial charge is 0.512 e. The molecule has 0 bridgehead atoms. The molecule has 0 aliphatic carbocycles. The van der Waals surface area contributed by atoms with E-state index in [-0.39, 0.29) is 12.2 Å². The lowest BCUT2D eigenvalue weighted by atomic mass is 10.2. The van der Waals surface area contributed by atoms with E-state index < -0.39 is 5.97 Å². The minimum atomic E-state index is -1.04. The minimum Gasteiger partial charge on any atom is -0.512 e. The maximum absolute atomic E-state index is 10.2. The van der Waals surface area contributed by atoms with E-state index in [1.807, 2.05) is 18.2 Å². The second-order valence-electron chi connectivity index (χ2n) is 2.62. The number of carbonyl (C=O) groups is 1. The number of aliphatic hydroxyl groups excluding tert-OH is 1. The van der Waals surface area contributed by atoms with Gasteiger partial charge in [-0.15, -0.1) is 0 Å². The van der Waals surface area contributed by atoms with Crippen molar-refractivity contribution in [1.29, 1.82) is 0 Å². The van der Waals surface area contributed by atoms with Gasteiger partial charge in [-0.05, 0) is 11.6 Å². The molecule has 0 atom stereocenters. The molecule has 0 aliphatic rings. The van der Waals surface area contributed by atoms with Gasteiger partial charge in [0.15, 0.2) is 0 Å². The first kappa shape index (κ1) is 9.32. The number of aliphatic hydroxyl groups is 1. The molecule has 13 heavy (non-hydrogen) atoms. The van der Waals surface area contributed by atoms with Gasteiger partial charge in [0.05, 0.1) is 0 Å². The number of benzene rings is 1. The molecule has 1 rings (SSSR count). The van der Waals surface area contributed by atoms with Crippen LogP contribution >= 0.6 is 0 Å². The van der Waals surface area contributed by atoms with Crippen molar-refractivity contribution >= 4 is 12.0 Å². The second-order valence-corrected chi connectivity index (χ2v) is 2.62. The summed E-state index contributed by atoms with van der Waals surface area (Å²) in [5.41, 5.74) is 0.793. The first-order valence-electron chi connectivity index (χ1n) is 3.85. The van der Waals surface area contributed by atoms with Crippen LogP contribution in [0, 0.1) is 0 Å². The third-order valence-electron chi connectivity index (χ3n) is 1.47. The summed E-state index contributed by atoms with van der Waals surface area (Å²) in [4.78, 5) is 10.2. The van der Waals surface area contributed by atoms with Crippen molar-refractivity contribution in [3.05, 3.63) is 41.7 Å². The second kappa shape index (κ2) is 4.30. The highest BCUT2D eigenvalue weighted by Crippen LogP contribution is 2.06. The average molecular weight is 178 g/mol. The number of hydrogen-bond acceptors (Lipinski definition) is 2. The van der Waals surface area contributed by atoms with Crippen molar-refractivity contribution in [2.45, 2.75) is 6.42 Å². The maximum Gasteiger partial charge on any atom is 0.311 e. The fourth-order valence-electron chi connectivity index (χ4n) is 0.948. The molecule has 3 nitrogen and oxygen atoms in total. The summed E-state index contributed by atoms with van der Waals surface area (Å²) in [5.74, 6) is -1.18. The van der Waals surface area contributed by atoms with Crippen LogP contribution in [0.5, 0.6) is 0 Å².